The van der Waals surface area contributed by atoms with E-state index in [-0.39, 0.29) is 5.82 Å². The summed E-state index contributed by atoms with van der Waals surface area (Å²) in [5.41, 5.74) is 11.8. The molecule has 0 spiro atoms. The molecule has 4 nitrogen and oxygen atoms in total. The van der Waals surface area contributed by atoms with Crippen molar-refractivity contribution >= 4 is 5.82 Å². The summed E-state index contributed by atoms with van der Waals surface area (Å²) < 4.78 is 5.53. The van der Waals surface area contributed by atoms with E-state index in [0.29, 0.717) is 5.56 Å². The van der Waals surface area contributed by atoms with Crippen LogP contribution in [0.3, 0.4) is 0 Å². The van der Waals surface area contributed by atoms with Crippen molar-refractivity contribution in [3.8, 4) is 34.1 Å². The summed E-state index contributed by atoms with van der Waals surface area (Å²) in [5, 5.41) is 9.72. The maximum absolute atomic E-state index is 9.72. The molecule has 0 bridgehead atoms. The van der Waals surface area contributed by atoms with Crippen molar-refractivity contribution in [2.24, 2.45) is 0 Å². The van der Waals surface area contributed by atoms with E-state index in [1.54, 1.807) is 7.11 Å². The second-order valence-electron chi connectivity index (χ2n) is 5.89. The molecular weight excluding hydrogens is 310 g/mol. The summed E-state index contributed by atoms with van der Waals surface area (Å²) in [6.07, 6.45) is 0. The minimum atomic E-state index is 0.246. The number of nitrogens with zero attached hydrogens (tertiary/aromatic N) is 2. The third-order valence-electron chi connectivity index (χ3n) is 4.20. The van der Waals surface area contributed by atoms with E-state index >= 15 is 0 Å². The molecule has 0 aliphatic carbocycles. The van der Waals surface area contributed by atoms with Gasteiger partial charge in [-0.3, -0.25) is 0 Å². The topological polar surface area (TPSA) is 71.9 Å². The van der Waals surface area contributed by atoms with E-state index in [4.69, 9.17) is 10.5 Å². The largest absolute Gasteiger partial charge is 0.496 e. The molecule has 0 saturated heterocycles. The Bertz CT molecular complexity index is 987. The Hall–Kier alpha value is -3.32. The van der Waals surface area contributed by atoms with Crippen molar-refractivity contribution < 1.29 is 4.74 Å². The molecule has 0 unspecified atom stereocenters. The Morgan fingerprint density at radius 1 is 1.04 bits per heavy atom. The standard InChI is InChI=1S/C21H19N3O/c1-13-7-6-8-15(11-13)20-17(12-22)21(23)24-14(2)19(20)16-9-4-5-10-18(16)25-3/h4-11H,1-3H3,(H2,23,24). The highest BCUT2D eigenvalue weighted by Gasteiger charge is 2.21. The van der Waals surface area contributed by atoms with Crippen molar-refractivity contribution in [2.45, 2.75) is 13.8 Å². The molecule has 0 radical (unpaired) electrons. The Morgan fingerprint density at radius 3 is 2.48 bits per heavy atom. The summed E-state index contributed by atoms with van der Waals surface area (Å²) in [6.45, 7) is 3.92. The lowest BCUT2D eigenvalue weighted by molar-refractivity contribution is 0.416. The molecule has 2 N–H and O–H groups in total. The van der Waals surface area contributed by atoms with Gasteiger partial charge in [0.2, 0.25) is 0 Å². The zero-order chi connectivity index (χ0) is 18.0. The van der Waals surface area contributed by atoms with E-state index < -0.39 is 0 Å². The van der Waals surface area contributed by atoms with Crippen molar-refractivity contribution in [2.75, 3.05) is 12.8 Å². The number of aromatic nitrogens is 1. The molecule has 4 heteroatoms. The lowest BCUT2D eigenvalue weighted by Crippen LogP contribution is -2.04. The Labute approximate surface area is 147 Å². The number of hydrogen-bond acceptors (Lipinski definition) is 4. The van der Waals surface area contributed by atoms with E-state index in [9.17, 15) is 5.26 Å². The van der Waals surface area contributed by atoms with Gasteiger partial charge in [0.15, 0.2) is 0 Å². The molecular formula is C21H19N3O. The van der Waals surface area contributed by atoms with Gasteiger partial charge in [-0.25, -0.2) is 4.98 Å². The monoisotopic (exact) mass is 329 g/mol. The highest BCUT2D eigenvalue weighted by Crippen LogP contribution is 2.42. The van der Waals surface area contributed by atoms with Crippen LogP contribution >= 0.6 is 0 Å². The van der Waals surface area contributed by atoms with Crippen LogP contribution in [0, 0.1) is 25.2 Å². The van der Waals surface area contributed by atoms with Gasteiger partial charge in [-0.2, -0.15) is 5.26 Å². The second-order valence-corrected chi connectivity index (χ2v) is 5.89. The number of nitriles is 1. The fourth-order valence-corrected chi connectivity index (χ4v) is 3.11. The van der Waals surface area contributed by atoms with Crippen LogP contribution in [0.2, 0.25) is 0 Å². The van der Waals surface area contributed by atoms with Crippen LogP contribution in [0.25, 0.3) is 22.3 Å². The first-order chi connectivity index (χ1) is 12.1. The molecule has 1 aromatic heterocycles. The molecule has 0 aliphatic rings. The molecule has 2 aromatic carbocycles. The second kappa shape index (κ2) is 6.66. The number of nitrogens with two attached hydrogens (primary N) is 1. The minimum absolute atomic E-state index is 0.246. The van der Waals surface area contributed by atoms with E-state index in [1.165, 1.54) is 0 Å². The zero-order valence-corrected chi connectivity index (χ0v) is 14.5. The van der Waals surface area contributed by atoms with E-state index in [0.717, 1.165) is 39.3 Å². The molecule has 0 saturated carbocycles. The number of rotatable bonds is 3. The van der Waals surface area contributed by atoms with E-state index in [2.05, 4.69) is 11.1 Å². The Balaban J connectivity index is 2.45. The van der Waals surface area contributed by atoms with Gasteiger partial charge in [0, 0.05) is 22.4 Å². The molecule has 3 aromatic rings. The molecule has 25 heavy (non-hydrogen) atoms. The number of hydrogen-bond donors (Lipinski definition) is 1. The summed E-state index contributed by atoms with van der Waals surface area (Å²) in [6, 6.07) is 18.0. The summed E-state index contributed by atoms with van der Waals surface area (Å²) in [4.78, 5) is 4.40. The molecule has 0 amide bonds. The number of aryl methyl sites for hydroxylation is 2. The predicted molar refractivity (Wildman–Crippen MR) is 100 cm³/mol. The van der Waals surface area contributed by atoms with Gasteiger partial charge in [0.25, 0.3) is 0 Å². The van der Waals surface area contributed by atoms with Crippen molar-refractivity contribution in [3.63, 3.8) is 0 Å². The molecule has 0 aliphatic heterocycles. The van der Waals surface area contributed by atoms with Crippen LogP contribution < -0.4 is 10.5 Å². The van der Waals surface area contributed by atoms with Crippen LogP contribution in [0.5, 0.6) is 5.75 Å². The average Bonchev–Trinajstić information content (AvgIpc) is 2.61. The normalized spacial score (nSPS) is 10.3. The third kappa shape index (κ3) is 2.92. The number of para-hydroxylation sites is 1. The van der Waals surface area contributed by atoms with Gasteiger partial charge >= 0.3 is 0 Å². The maximum atomic E-state index is 9.72. The smallest absolute Gasteiger partial charge is 0.142 e. The average molecular weight is 329 g/mol. The van der Waals surface area contributed by atoms with Crippen LogP contribution in [0.15, 0.2) is 48.5 Å². The molecule has 0 fully saturated rings. The van der Waals surface area contributed by atoms with Crippen molar-refractivity contribution in [1.29, 1.82) is 5.26 Å². The first-order valence-electron chi connectivity index (χ1n) is 7.97. The van der Waals surface area contributed by atoms with Crippen molar-refractivity contribution in [1.82, 2.24) is 4.98 Å². The Morgan fingerprint density at radius 2 is 1.80 bits per heavy atom. The number of benzene rings is 2. The number of pyridine rings is 1. The van der Waals surface area contributed by atoms with Gasteiger partial charge in [-0.05, 0) is 25.5 Å². The first-order valence-corrected chi connectivity index (χ1v) is 7.97. The molecule has 124 valence electrons. The Kier molecular flexibility index (Phi) is 4.40. The predicted octanol–water partition coefficient (Wildman–Crippen LogP) is 4.49. The van der Waals surface area contributed by atoms with Gasteiger partial charge in [0.1, 0.15) is 23.2 Å². The zero-order valence-electron chi connectivity index (χ0n) is 14.5. The molecule has 0 atom stereocenters. The lowest BCUT2D eigenvalue weighted by atomic mass is 9.89. The lowest BCUT2D eigenvalue weighted by Gasteiger charge is -2.18. The van der Waals surface area contributed by atoms with Crippen molar-refractivity contribution in [3.05, 3.63) is 65.4 Å². The summed E-state index contributed by atoms with van der Waals surface area (Å²) >= 11 is 0. The molecule has 3 rings (SSSR count). The van der Waals surface area contributed by atoms with Crippen LogP contribution in [-0.2, 0) is 0 Å². The fourth-order valence-electron chi connectivity index (χ4n) is 3.11. The number of methoxy groups -OCH3 is 1. The van der Waals surface area contributed by atoms with Crippen LogP contribution in [-0.4, -0.2) is 12.1 Å². The van der Waals surface area contributed by atoms with Gasteiger partial charge in [-0.1, -0.05) is 48.0 Å². The summed E-state index contributed by atoms with van der Waals surface area (Å²) in [5.74, 6) is 0.977. The third-order valence-corrected chi connectivity index (χ3v) is 4.20. The highest BCUT2D eigenvalue weighted by molar-refractivity contribution is 5.92. The minimum Gasteiger partial charge on any atom is -0.496 e. The first kappa shape index (κ1) is 16.5. The number of ether oxygens (including phenoxy) is 1. The fraction of sp³-hybridized carbons (Fsp3) is 0.143. The highest BCUT2D eigenvalue weighted by atomic mass is 16.5. The SMILES string of the molecule is COc1ccccc1-c1c(C)nc(N)c(C#N)c1-c1cccc(C)c1. The van der Waals surface area contributed by atoms with Crippen LogP contribution in [0.4, 0.5) is 5.82 Å². The molecule has 1 heterocycles. The van der Waals surface area contributed by atoms with E-state index in [1.807, 2.05) is 62.4 Å². The van der Waals surface area contributed by atoms with Crippen LogP contribution in [0.1, 0.15) is 16.8 Å². The van der Waals surface area contributed by atoms with Gasteiger partial charge < -0.3 is 10.5 Å². The number of nitrogen functional groups attached to an aromatic ring is 1. The van der Waals surface area contributed by atoms with Gasteiger partial charge in [0.05, 0.1) is 7.11 Å². The van der Waals surface area contributed by atoms with Gasteiger partial charge in [-0.15, -0.1) is 0 Å². The maximum Gasteiger partial charge on any atom is 0.142 e. The quantitative estimate of drug-likeness (QED) is 0.768. The summed E-state index contributed by atoms with van der Waals surface area (Å²) in [7, 11) is 1.64. The number of anilines is 1.